The summed E-state index contributed by atoms with van der Waals surface area (Å²) < 4.78 is 5.35. The van der Waals surface area contributed by atoms with Crippen LogP contribution in [0.2, 0.25) is 0 Å². The van der Waals surface area contributed by atoms with Gasteiger partial charge in [-0.15, -0.1) is 0 Å². The smallest absolute Gasteiger partial charge is 0.333 e. The molecule has 2 aliphatic carbocycles. The highest BCUT2D eigenvalue weighted by Gasteiger charge is 2.23. The molecule has 0 saturated heterocycles. The maximum atomic E-state index is 12.1. The van der Waals surface area contributed by atoms with Crippen molar-refractivity contribution in [1.82, 2.24) is 0 Å². The summed E-state index contributed by atoms with van der Waals surface area (Å²) in [6.07, 6.45) is 13.0. The second kappa shape index (κ2) is 11.2. The molecule has 0 amide bonds. The van der Waals surface area contributed by atoms with E-state index in [0.29, 0.717) is 5.92 Å². The summed E-state index contributed by atoms with van der Waals surface area (Å²) in [4.78, 5) is 12.1. The first-order valence-electron chi connectivity index (χ1n) is 13.1. The van der Waals surface area contributed by atoms with Gasteiger partial charge in [-0.25, -0.2) is 4.79 Å². The zero-order valence-corrected chi connectivity index (χ0v) is 20.7. The van der Waals surface area contributed by atoms with E-state index >= 15 is 0 Å². The zero-order valence-electron chi connectivity index (χ0n) is 20.7. The van der Waals surface area contributed by atoms with Crippen LogP contribution in [0, 0.1) is 5.92 Å². The van der Waals surface area contributed by atoms with Crippen LogP contribution in [0.4, 0.5) is 0 Å². The van der Waals surface area contributed by atoms with Gasteiger partial charge in [-0.05, 0) is 98.8 Å². The monoisotopic (exact) mass is 444 g/mol. The van der Waals surface area contributed by atoms with Crippen LogP contribution >= 0.6 is 0 Å². The predicted molar refractivity (Wildman–Crippen MR) is 137 cm³/mol. The van der Waals surface area contributed by atoms with E-state index in [2.05, 4.69) is 61.5 Å². The number of carbonyl (C=O) groups excluding carboxylic acids is 1. The van der Waals surface area contributed by atoms with E-state index in [1.165, 1.54) is 60.8 Å². The van der Waals surface area contributed by atoms with Crippen molar-refractivity contribution in [1.29, 1.82) is 0 Å². The van der Waals surface area contributed by atoms with E-state index in [9.17, 15) is 4.79 Å². The van der Waals surface area contributed by atoms with Crippen molar-refractivity contribution in [3.8, 4) is 11.1 Å². The quantitative estimate of drug-likeness (QED) is 0.400. The second-order valence-corrected chi connectivity index (χ2v) is 10.4. The molecule has 1 atom stereocenters. The van der Waals surface area contributed by atoms with Gasteiger partial charge in [0, 0.05) is 5.57 Å². The van der Waals surface area contributed by atoms with Gasteiger partial charge in [-0.3, -0.25) is 0 Å². The molecule has 1 saturated carbocycles. The molecule has 33 heavy (non-hydrogen) atoms. The molecule has 2 heteroatoms. The van der Waals surface area contributed by atoms with Crippen molar-refractivity contribution >= 4 is 5.97 Å². The maximum absolute atomic E-state index is 12.1. The van der Waals surface area contributed by atoms with Gasteiger partial charge < -0.3 is 4.74 Å². The number of rotatable bonds is 7. The summed E-state index contributed by atoms with van der Waals surface area (Å²) in [5.74, 6) is 2.05. The van der Waals surface area contributed by atoms with E-state index in [0.717, 1.165) is 36.7 Å². The molecule has 2 aliphatic rings. The number of hydrogen-bond donors (Lipinski definition) is 0. The lowest BCUT2D eigenvalue weighted by Gasteiger charge is -2.28. The Morgan fingerprint density at radius 1 is 0.848 bits per heavy atom. The van der Waals surface area contributed by atoms with Gasteiger partial charge in [0.15, 0.2) is 0 Å². The van der Waals surface area contributed by atoms with Gasteiger partial charge >= 0.3 is 5.97 Å². The van der Waals surface area contributed by atoms with Crippen molar-refractivity contribution in [2.24, 2.45) is 5.92 Å². The Bertz CT molecular complexity index is 928. The first-order chi connectivity index (χ1) is 16.0. The first kappa shape index (κ1) is 23.8. The fraction of sp³-hybridized carbons (Fsp3) is 0.516. The predicted octanol–water partition coefficient (Wildman–Crippen LogP) is 8.57. The van der Waals surface area contributed by atoms with Gasteiger partial charge in [0.05, 0.1) is 6.10 Å². The van der Waals surface area contributed by atoms with Gasteiger partial charge in [0.1, 0.15) is 0 Å². The molecule has 2 nitrogen and oxygen atoms in total. The third kappa shape index (κ3) is 6.16. The Morgan fingerprint density at radius 3 is 1.91 bits per heavy atom. The molecular weight excluding hydrogens is 404 g/mol. The molecule has 0 bridgehead atoms. The van der Waals surface area contributed by atoms with Crippen LogP contribution < -0.4 is 0 Å². The normalized spacial score (nSPS) is 23.3. The largest absolute Gasteiger partial charge is 0.460 e. The van der Waals surface area contributed by atoms with Crippen LogP contribution in [-0.2, 0) is 9.53 Å². The first-order valence-corrected chi connectivity index (χ1v) is 13.1. The van der Waals surface area contributed by atoms with Crippen molar-refractivity contribution < 1.29 is 9.53 Å². The third-order valence-electron chi connectivity index (χ3n) is 7.66. The Balaban J connectivity index is 1.34. The molecule has 4 rings (SSSR count). The van der Waals surface area contributed by atoms with E-state index < -0.39 is 0 Å². The summed E-state index contributed by atoms with van der Waals surface area (Å²) in [6.45, 7) is 6.11. The Kier molecular flexibility index (Phi) is 8.06. The molecule has 0 radical (unpaired) electrons. The topological polar surface area (TPSA) is 26.3 Å². The fourth-order valence-corrected chi connectivity index (χ4v) is 5.70. The summed E-state index contributed by atoms with van der Waals surface area (Å²) in [5.41, 5.74) is 6.31. The summed E-state index contributed by atoms with van der Waals surface area (Å²) in [7, 11) is 0. The van der Waals surface area contributed by atoms with Crippen LogP contribution in [-0.4, -0.2) is 12.1 Å². The molecule has 0 aromatic heterocycles. The van der Waals surface area contributed by atoms with Crippen molar-refractivity contribution in [2.45, 2.75) is 96.5 Å². The minimum absolute atomic E-state index is 0.0569. The number of carbonyl (C=O) groups is 1. The minimum atomic E-state index is -0.142. The lowest BCUT2D eigenvalue weighted by atomic mass is 9.77. The van der Waals surface area contributed by atoms with Crippen LogP contribution in [0.3, 0.4) is 0 Å². The SMILES string of the molecule is CCC[C@H]1CC[C@H](c2ccc(-c3ccc(C4CC=C(C(=O)OC(C)C)CC4)cc3)cc2)CC1. The number of allylic oxidation sites excluding steroid dienone is 1. The average Bonchev–Trinajstić information content (AvgIpc) is 2.85. The lowest BCUT2D eigenvalue weighted by molar-refractivity contribution is -0.142. The van der Waals surface area contributed by atoms with E-state index in [-0.39, 0.29) is 12.1 Å². The second-order valence-electron chi connectivity index (χ2n) is 10.4. The van der Waals surface area contributed by atoms with Crippen molar-refractivity contribution in [2.75, 3.05) is 0 Å². The van der Waals surface area contributed by atoms with E-state index in [1.807, 2.05) is 13.8 Å². The van der Waals surface area contributed by atoms with Crippen LogP contribution in [0.25, 0.3) is 11.1 Å². The third-order valence-corrected chi connectivity index (χ3v) is 7.66. The molecular formula is C31H40O2. The number of ether oxygens (including phenoxy) is 1. The van der Waals surface area contributed by atoms with E-state index in [1.54, 1.807) is 0 Å². The highest BCUT2D eigenvalue weighted by Crippen LogP contribution is 2.38. The van der Waals surface area contributed by atoms with E-state index in [4.69, 9.17) is 4.74 Å². The molecule has 2 aromatic carbocycles. The molecule has 2 aromatic rings. The van der Waals surface area contributed by atoms with Crippen LogP contribution in [0.5, 0.6) is 0 Å². The van der Waals surface area contributed by atoms with Gasteiger partial charge in [-0.1, -0.05) is 74.4 Å². The number of benzene rings is 2. The zero-order chi connectivity index (χ0) is 23.2. The maximum Gasteiger partial charge on any atom is 0.333 e. The molecule has 0 N–H and O–H groups in total. The molecule has 176 valence electrons. The Labute approximate surface area is 200 Å². The number of esters is 1. The fourth-order valence-electron chi connectivity index (χ4n) is 5.70. The summed E-state index contributed by atoms with van der Waals surface area (Å²) in [5, 5.41) is 0. The van der Waals surface area contributed by atoms with Crippen molar-refractivity contribution in [3.05, 3.63) is 71.3 Å². The molecule has 1 unspecified atom stereocenters. The summed E-state index contributed by atoms with van der Waals surface area (Å²) in [6, 6.07) is 18.4. The minimum Gasteiger partial charge on any atom is -0.460 e. The average molecular weight is 445 g/mol. The Morgan fingerprint density at radius 2 is 1.42 bits per heavy atom. The van der Waals surface area contributed by atoms with Crippen LogP contribution in [0.1, 0.15) is 102 Å². The van der Waals surface area contributed by atoms with Gasteiger partial charge in [0.25, 0.3) is 0 Å². The van der Waals surface area contributed by atoms with Crippen LogP contribution in [0.15, 0.2) is 60.2 Å². The number of hydrogen-bond acceptors (Lipinski definition) is 2. The Hall–Kier alpha value is -2.35. The molecule has 0 heterocycles. The van der Waals surface area contributed by atoms with Gasteiger partial charge in [-0.2, -0.15) is 0 Å². The highest BCUT2D eigenvalue weighted by atomic mass is 16.5. The summed E-state index contributed by atoms with van der Waals surface area (Å²) >= 11 is 0. The lowest BCUT2D eigenvalue weighted by Crippen LogP contribution is -2.16. The van der Waals surface area contributed by atoms with Gasteiger partial charge in [0.2, 0.25) is 0 Å². The highest BCUT2D eigenvalue weighted by molar-refractivity contribution is 5.88. The molecule has 0 aliphatic heterocycles. The standard InChI is InChI=1S/C31H40O2/c1-4-5-23-6-8-24(9-7-23)25-10-12-26(13-11-25)27-14-16-28(17-15-27)29-18-20-30(21-19-29)31(32)33-22(2)3/h10-17,20,22-24,29H,4-9,18-19,21H2,1-3H3/t23-,24-,29?. The molecule has 1 fully saturated rings. The van der Waals surface area contributed by atoms with Crippen molar-refractivity contribution in [3.63, 3.8) is 0 Å². The molecule has 0 spiro atoms.